The molecule has 1 aliphatic heterocycles. The van der Waals surface area contributed by atoms with E-state index in [1.165, 1.54) is 0 Å². The molecule has 0 spiro atoms. The van der Waals surface area contributed by atoms with Crippen LogP contribution in [0.3, 0.4) is 0 Å². The second-order valence-electron chi connectivity index (χ2n) is 1.54. The number of aliphatic hydroxyl groups is 1. The minimum Gasteiger partial charge on any atom is -0.395 e. The zero-order chi connectivity index (χ0) is 10.3. The Labute approximate surface area is 59.1 Å². The van der Waals surface area contributed by atoms with Gasteiger partial charge in [0.15, 0.2) is 0 Å². The average molecular weight is 134 g/mol. The Morgan fingerprint density at radius 3 is 3.22 bits per heavy atom. The number of nitrogens with zero attached hydrogens (tertiary/aromatic N) is 1. The third-order valence-corrected chi connectivity index (χ3v) is 0.929. The molecule has 0 aliphatic carbocycles. The molecule has 2 amide bonds. The summed E-state index contributed by atoms with van der Waals surface area (Å²) in [7, 11) is 0. The van der Waals surface area contributed by atoms with Crippen molar-refractivity contribution in [2.75, 3.05) is 26.1 Å². The first-order valence-electron chi connectivity index (χ1n) is 4.53. The molecule has 0 saturated carbocycles. The molecule has 4 nitrogen and oxygen atoms in total. The Hall–Kier alpha value is -0.770. The highest BCUT2D eigenvalue weighted by Crippen LogP contribution is 1.93. The zero-order valence-electron chi connectivity index (χ0n) is 8.72. The van der Waals surface area contributed by atoms with Crippen molar-refractivity contribution in [1.29, 1.82) is 0 Å². The number of urea groups is 1. The fourth-order valence-corrected chi connectivity index (χ4v) is 0.525. The van der Waals surface area contributed by atoms with Gasteiger partial charge in [0.1, 0.15) is 0 Å². The molecule has 0 aromatic carbocycles. The standard InChI is InChI=1S/C5H10N2O2/c8-4-3-7-2-1-6-5(7)9/h8H,1-4H2,(H,6,9)/i1D2,2D2. The fraction of sp³-hybridized carbons (Fsp3) is 0.800. The Morgan fingerprint density at radius 1 is 2.00 bits per heavy atom. The van der Waals surface area contributed by atoms with E-state index in [-0.39, 0.29) is 6.54 Å². The van der Waals surface area contributed by atoms with Gasteiger partial charge in [-0.3, -0.25) is 0 Å². The summed E-state index contributed by atoms with van der Waals surface area (Å²) in [6.07, 6.45) is 0. The number of nitrogens with one attached hydrogen (secondary N) is 1. The lowest BCUT2D eigenvalue weighted by Crippen LogP contribution is -2.30. The molecule has 2 N–H and O–H groups in total. The first-order chi connectivity index (χ1) is 5.83. The third kappa shape index (κ3) is 1.32. The second kappa shape index (κ2) is 2.68. The Balaban J connectivity index is 2.91. The topological polar surface area (TPSA) is 52.6 Å². The maximum Gasteiger partial charge on any atom is 0.317 e. The molecule has 1 fully saturated rings. The fourth-order valence-electron chi connectivity index (χ4n) is 0.525. The van der Waals surface area contributed by atoms with Gasteiger partial charge in [0.05, 0.1) is 12.1 Å². The van der Waals surface area contributed by atoms with Crippen molar-refractivity contribution in [3.63, 3.8) is 0 Å². The SMILES string of the molecule is [2H]C1([2H])NC(=O)N(CCO)C1([2H])[2H]. The summed E-state index contributed by atoms with van der Waals surface area (Å²) < 4.78 is 28.9. The Morgan fingerprint density at radius 2 is 2.78 bits per heavy atom. The van der Waals surface area contributed by atoms with Gasteiger partial charge in [-0.2, -0.15) is 0 Å². The van der Waals surface area contributed by atoms with Crippen molar-refractivity contribution >= 4 is 6.03 Å². The van der Waals surface area contributed by atoms with Gasteiger partial charge in [-0.15, -0.1) is 0 Å². The summed E-state index contributed by atoms with van der Waals surface area (Å²) in [5.41, 5.74) is 0. The molecule has 9 heavy (non-hydrogen) atoms. The first kappa shape index (κ1) is 2.88. The second-order valence-corrected chi connectivity index (χ2v) is 1.54. The number of hydrogen-bond donors (Lipinski definition) is 2. The number of amides is 2. The highest BCUT2D eigenvalue weighted by atomic mass is 16.3. The zero-order valence-corrected chi connectivity index (χ0v) is 4.72. The number of aliphatic hydroxyl groups excluding tert-OH is 1. The van der Waals surface area contributed by atoms with E-state index in [1.807, 2.05) is 5.32 Å². The lowest BCUT2D eigenvalue weighted by atomic mass is 10.5. The van der Waals surface area contributed by atoms with Gasteiger partial charge < -0.3 is 15.3 Å². The normalized spacial score (nSPS) is 36.1. The van der Waals surface area contributed by atoms with Crippen molar-refractivity contribution in [3.8, 4) is 0 Å². The van der Waals surface area contributed by atoms with E-state index in [1.54, 1.807) is 0 Å². The minimum absolute atomic E-state index is 0.224. The van der Waals surface area contributed by atoms with E-state index in [9.17, 15) is 4.79 Å². The molecule has 0 aromatic rings. The van der Waals surface area contributed by atoms with Crippen molar-refractivity contribution < 1.29 is 15.4 Å². The summed E-state index contributed by atoms with van der Waals surface area (Å²) in [5, 5.41) is 10.4. The van der Waals surface area contributed by atoms with Gasteiger partial charge in [0, 0.05) is 19.5 Å². The minimum atomic E-state index is -2.42. The Kier molecular flexibility index (Phi) is 0.857. The molecular weight excluding hydrogens is 120 g/mol. The predicted molar refractivity (Wildman–Crippen MR) is 32.1 cm³/mol. The number of carbonyl (C=O) groups is 1. The molecule has 1 heterocycles. The lowest BCUT2D eigenvalue weighted by molar-refractivity contribution is 0.197. The van der Waals surface area contributed by atoms with E-state index in [4.69, 9.17) is 10.6 Å². The van der Waals surface area contributed by atoms with Gasteiger partial charge in [0.2, 0.25) is 0 Å². The highest BCUT2D eigenvalue weighted by molar-refractivity contribution is 5.76. The largest absolute Gasteiger partial charge is 0.395 e. The van der Waals surface area contributed by atoms with Gasteiger partial charge in [-0.05, 0) is 0 Å². The van der Waals surface area contributed by atoms with Crippen LogP contribution in [0, 0.1) is 0 Å². The van der Waals surface area contributed by atoms with E-state index in [0.717, 1.165) is 0 Å². The molecule has 0 aromatic heterocycles. The first-order valence-corrected chi connectivity index (χ1v) is 2.53. The van der Waals surface area contributed by atoms with Crippen LogP contribution in [-0.4, -0.2) is 42.2 Å². The van der Waals surface area contributed by atoms with Crippen LogP contribution in [0.25, 0.3) is 0 Å². The predicted octanol–water partition coefficient (Wildman–Crippen LogP) is -0.996. The van der Waals surface area contributed by atoms with E-state index < -0.39 is 25.6 Å². The van der Waals surface area contributed by atoms with Crippen LogP contribution >= 0.6 is 0 Å². The number of β-amino-alcohol motifs (C(OH)–C–C–N with tert-alkyl or cyclic N) is 1. The summed E-state index contributed by atoms with van der Waals surface area (Å²) in [6.45, 7) is -5.46. The quantitative estimate of drug-likeness (QED) is 0.509. The summed E-state index contributed by atoms with van der Waals surface area (Å²) >= 11 is 0. The van der Waals surface area contributed by atoms with E-state index in [2.05, 4.69) is 0 Å². The molecule has 1 rings (SSSR count). The molecule has 4 heteroatoms. The molecule has 1 saturated heterocycles. The smallest absolute Gasteiger partial charge is 0.317 e. The van der Waals surface area contributed by atoms with Crippen LogP contribution in [0.15, 0.2) is 0 Å². The summed E-state index contributed by atoms with van der Waals surface area (Å²) in [6, 6.07) is -0.843. The van der Waals surface area contributed by atoms with Crippen molar-refractivity contribution in [3.05, 3.63) is 0 Å². The maximum absolute atomic E-state index is 11.0. The van der Waals surface area contributed by atoms with Gasteiger partial charge >= 0.3 is 6.03 Å². The van der Waals surface area contributed by atoms with Crippen LogP contribution in [0.1, 0.15) is 5.48 Å². The maximum atomic E-state index is 11.0. The average Bonchev–Trinajstić information content (AvgIpc) is 2.10. The van der Waals surface area contributed by atoms with Crippen LogP contribution < -0.4 is 5.32 Å². The molecule has 0 atom stereocenters. The number of carbonyl (C=O) groups excluding carboxylic acids is 1. The molecule has 1 aliphatic rings. The highest BCUT2D eigenvalue weighted by Gasteiger charge is 2.17. The monoisotopic (exact) mass is 134 g/mol. The molecular formula is C5H10N2O2. The number of rotatable bonds is 2. The summed E-state index contributed by atoms with van der Waals surface area (Å²) in [4.78, 5) is 11.7. The van der Waals surface area contributed by atoms with Crippen LogP contribution in [0.2, 0.25) is 0 Å². The van der Waals surface area contributed by atoms with Gasteiger partial charge in [0.25, 0.3) is 0 Å². The lowest BCUT2D eigenvalue weighted by Gasteiger charge is -2.10. The molecule has 0 unspecified atom stereocenters. The number of hydrogen-bond acceptors (Lipinski definition) is 2. The van der Waals surface area contributed by atoms with Crippen molar-refractivity contribution in [2.45, 2.75) is 0 Å². The Bertz CT molecular complexity index is 233. The van der Waals surface area contributed by atoms with Crippen molar-refractivity contribution in [1.82, 2.24) is 10.2 Å². The van der Waals surface area contributed by atoms with E-state index >= 15 is 0 Å². The van der Waals surface area contributed by atoms with Gasteiger partial charge in [-0.25, -0.2) is 4.79 Å². The van der Waals surface area contributed by atoms with Crippen molar-refractivity contribution in [2.24, 2.45) is 0 Å². The van der Waals surface area contributed by atoms with E-state index in [0.29, 0.717) is 4.90 Å². The van der Waals surface area contributed by atoms with Gasteiger partial charge in [-0.1, -0.05) is 0 Å². The van der Waals surface area contributed by atoms with Crippen LogP contribution in [0.5, 0.6) is 0 Å². The summed E-state index contributed by atoms with van der Waals surface area (Å²) in [5.74, 6) is 0. The third-order valence-electron chi connectivity index (χ3n) is 0.929. The molecule has 0 bridgehead atoms. The molecule has 52 valence electrons. The van der Waals surface area contributed by atoms with Crippen LogP contribution in [0.4, 0.5) is 4.79 Å². The van der Waals surface area contributed by atoms with Crippen LogP contribution in [-0.2, 0) is 0 Å². The molecule has 0 radical (unpaired) electrons.